The molecule has 2 aliphatic rings. The van der Waals surface area contributed by atoms with Crippen LogP contribution >= 0.6 is 0 Å². The number of rotatable bonds is 5. The van der Waals surface area contributed by atoms with E-state index >= 15 is 0 Å². The summed E-state index contributed by atoms with van der Waals surface area (Å²) in [6.07, 6.45) is 6.69. The van der Waals surface area contributed by atoms with Crippen molar-refractivity contribution in [2.75, 3.05) is 17.6 Å². The van der Waals surface area contributed by atoms with E-state index in [0.29, 0.717) is 34.9 Å². The van der Waals surface area contributed by atoms with E-state index in [0.717, 1.165) is 23.7 Å². The van der Waals surface area contributed by atoms with E-state index < -0.39 is 0 Å². The van der Waals surface area contributed by atoms with E-state index in [1.165, 1.54) is 25.7 Å². The fraction of sp³-hybridized carbons (Fsp3) is 0.409. The highest BCUT2D eigenvalue weighted by molar-refractivity contribution is 5.69. The van der Waals surface area contributed by atoms with Crippen molar-refractivity contribution in [3.8, 4) is 22.7 Å². The molecule has 4 heterocycles. The maximum absolute atomic E-state index is 10.5. The smallest absolute Gasteiger partial charge is 0.148 e. The minimum Gasteiger partial charge on any atom is -0.507 e. The summed E-state index contributed by atoms with van der Waals surface area (Å²) in [5, 5.41) is 30.5. The van der Waals surface area contributed by atoms with Gasteiger partial charge >= 0.3 is 0 Å². The summed E-state index contributed by atoms with van der Waals surface area (Å²) in [5.74, 6) is 1.58. The largest absolute Gasteiger partial charge is 0.507 e. The second-order valence-corrected chi connectivity index (χ2v) is 8.46. The molecule has 2 aromatic heterocycles. The predicted molar refractivity (Wildman–Crippen MR) is 117 cm³/mol. The van der Waals surface area contributed by atoms with Gasteiger partial charge in [0.1, 0.15) is 11.6 Å². The summed E-state index contributed by atoms with van der Waals surface area (Å²) in [6, 6.07) is 10.6. The van der Waals surface area contributed by atoms with Crippen molar-refractivity contribution >= 4 is 11.5 Å². The first-order valence-corrected chi connectivity index (χ1v) is 10.5. The number of anilines is 2. The van der Waals surface area contributed by atoms with Crippen molar-refractivity contribution in [3.63, 3.8) is 0 Å². The van der Waals surface area contributed by atoms with Crippen LogP contribution in [0, 0.1) is 12.8 Å². The highest BCUT2D eigenvalue weighted by Crippen LogP contribution is 2.32. The van der Waals surface area contributed by atoms with Crippen molar-refractivity contribution in [1.29, 1.82) is 0 Å². The molecule has 2 saturated heterocycles. The molecule has 2 fully saturated rings. The Labute approximate surface area is 175 Å². The van der Waals surface area contributed by atoms with Crippen LogP contribution in [0.25, 0.3) is 16.9 Å². The number of fused-ring (bicyclic) bond motifs is 2. The molecule has 0 spiro atoms. The van der Waals surface area contributed by atoms with Crippen LogP contribution in [0.3, 0.4) is 0 Å². The molecular weight excluding hydrogens is 378 g/mol. The molecule has 2 aliphatic heterocycles. The van der Waals surface area contributed by atoms with Crippen LogP contribution in [0.2, 0.25) is 0 Å². The lowest BCUT2D eigenvalue weighted by Crippen LogP contribution is -2.40. The maximum atomic E-state index is 10.5. The van der Waals surface area contributed by atoms with Crippen LogP contribution in [0.4, 0.5) is 11.5 Å². The second kappa shape index (κ2) is 7.60. The molecule has 0 aliphatic carbocycles. The fourth-order valence-electron chi connectivity index (χ4n) is 4.71. The molecule has 0 amide bonds. The van der Waals surface area contributed by atoms with Gasteiger partial charge in [-0.3, -0.25) is 0 Å². The van der Waals surface area contributed by atoms with Gasteiger partial charge in [-0.2, -0.15) is 5.10 Å². The van der Waals surface area contributed by atoms with Gasteiger partial charge in [0.25, 0.3) is 0 Å². The Balaban J connectivity index is 1.26. The molecule has 2 unspecified atom stereocenters. The Kier molecular flexibility index (Phi) is 4.78. The van der Waals surface area contributed by atoms with Crippen LogP contribution in [0.1, 0.15) is 31.4 Å². The summed E-state index contributed by atoms with van der Waals surface area (Å²) in [4.78, 5) is 0. The zero-order chi connectivity index (χ0) is 20.7. The number of nitrogens with one attached hydrogen (secondary N) is 2. The van der Waals surface area contributed by atoms with Gasteiger partial charge in [0.2, 0.25) is 0 Å². The lowest BCUT2D eigenvalue weighted by molar-refractivity contribution is 0.311. The number of piperidine rings is 1. The van der Waals surface area contributed by atoms with Crippen molar-refractivity contribution in [1.82, 2.24) is 25.3 Å². The molecule has 5 rings (SSSR count). The Morgan fingerprint density at radius 3 is 2.60 bits per heavy atom. The van der Waals surface area contributed by atoms with E-state index in [1.54, 1.807) is 16.9 Å². The Bertz CT molecular complexity index is 1030. The molecule has 30 heavy (non-hydrogen) atoms. The molecule has 2 bridgehead atoms. The standard InChI is InChI=1S/C22H27N7O/c1-13-19(23)12-25-29(13)17-4-5-18(21(30)10-17)20-6-7-22(28-27-20)24-11-14-8-15-2-3-16(9-14)26-15/h4-7,10,12,14-16,26,30H,2-3,8-9,11,23H2,1H3,(H,24,28). The minimum atomic E-state index is 0.126. The summed E-state index contributed by atoms with van der Waals surface area (Å²) in [6.45, 7) is 2.81. The average molecular weight is 406 g/mol. The predicted octanol–water partition coefficient (Wildman–Crippen LogP) is 2.87. The van der Waals surface area contributed by atoms with Crippen LogP contribution in [-0.4, -0.2) is 43.7 Å². The topological polar surface area (TPSA) is 114 Å². The molecule has 8 heteroatoms. The van der Waals surface area contributed by atoms with Crippen LogP contribution < -0.4 is 16.4 Å². The zero-order valence-corrected chi connectivity index (χ0v) is 17.0. The van der Waals surface area contributed by atoms with Crippen molar-refractivity contribution in [3.05, 3.63) is 42.2 Å². The third-order valence-corrected chi connectivity index (χ3v) is 6.36. The molecule has 0 saturated carbocycles. The van der Waals surface area contributed by atoms with E-state index in [1.807, 2.05) is 31.2 Å². The molecule has 0 radical (unpaired) electrons. The number of aromatic nitrogens is 4. The number of hydrogen-bond acceptors (Lipinski definition) is 7. The maximum Gasteiger partial charge on any atom is 0.148 e. The first kappa shape index (κ1) is 18.9. The van der Waals surface area contributed by atoms with Gasteiger partial charge in [-0.25, -0.2) is 4.68 Å². The Hall–Kier alpha value is -3.13. The number of nitrogens with zero attached hydrogens (tertiary/aromatic N) is 4. The highest BCUT2D eigenvalue weighted by atomic mass is 16.3. The lowest BCUT2D eigenvalue weighted by Gasteiger charge is -2.29. The van der Waals surface area contributed by atoms with E-state index in [-0.39, 0.29) is 5.75 Å². The Morgan fingerprint density at radius 2 is 1.97 bits per heavy atom. The number of nitrogens with two attached hydrogens (primary N) is 1. The molecular formula is C22H27N7O. The molecule has 2 atom stereocenters. The third kappa shape index (κ3) is 3.59. The molecule has 3 aromatic rings. The lowest BCUT2D eigenvalue weighted by atomic mass is 9.92. The number of aromatic hydroxyl groups is 1. The van der Waals surface area contributed by atoms with E-state index in [4.69, 9.17) is 5.73 Å². The van der Waals surface area contributed by atoms with Crippen molar-refractivity contribution in [2.24, 2.45) is 5.92 Å². The van der Waals surface area contributed by atoms with Gasteiger partial charge in [0.05, 0.1) is 29.0 Å². The Morgan fingerprint density at radius 1 is 1.17 bits per heavy atom. The highest BCUT2D eigenvalue weighted by Gasteiger charge is 2.33. The molecule has 1 aromatic carbocycles. The van der Waals surface area contributed by atoms with Gasteiger partial charge in [0.15, 0.2) is 0 Å². The van der Waals surface area contributed by atoms with Crippen LogP contribution in [-0.2, 0) is 0 Å². The van der Waals surface area contributed by atoms with Gasteiger partial charge < -0.3 is 21.5 Å². The monoisotopic (exact) mass is 405 g/mol. The minimum absolute atomic E-state index is 0.126. The number of nitrogen functional groups attached to an aromatic ring is 1. The van der Waals surface area contributed by atoms with Crippen LogP contribution in [0.15, 0.2) is 36.5 Å². The third-order valence-electron chi connectivity index (χ3n) is 6.36. The number of benzene rings is 1. The summed E-state index contributed by atoms with van der Waals surface area (Å²) in [5.41, 5.74) is 9.31. The SMILES string of the molecule is Cc1c(N)cnn1-c1ccc(-c2ccc(NCC3CC4CCC(C3)N4)nn2)c(O)c1. The summed E-state index contributed by atoms with van der Waals surface area (Å²) < 4.78 is 1.70. The molecule has 156 valence electrons. The van der Waals surface area contributed by atoms with E-state index in [2.05, 4.69) is 25.9 Å². The van der Waals surface area contributed by atoms with Gasteiger partial charge in [-0.1, -0.05) is 0 Å². The number of phenols is 1. The normalized spacial score (nSPS) is 22.9. The average Bonchev–Trinajstić information content (AvgIpc) is 3.27. The zero-order valence-electron chi connectivity index (χ0n) is 17.0. The second-order valence-electron chi connectivity index (χ2n) is 8.46. The fourth-order valence-corrected chi connectivity index (χ4v) is 4.71. The van der Waals surface area contributed by atoms with Gasteiger partial charge in [-0.15, -0.1) is 10.2 Å². The van der Waals surface area contributed by atoms with Crippen molar-refractivity contribution < 1.29 is 5.11 Å². The van der Waals surface area contributed by atoms with Crippen molar-refractivity contribution in [2.45, 2.75) is 44.7 Å². The van der Waals surface area contributed by atoms with Gasteiger partial charge in [0, 0.05) is 30.3 Å². The summed E-state index contributed by atoms with van der Waals surface area (Å²) >= 11 is 0. The first-order valence-electron chi connectivity index (χ1n) is 10.5. The number of hydrogen-bond donors (Lipinski definition) is 4. The first-order chi connectivity index (χ1) is 14.6. The van der Waals surface area contributed by atoms with Crippen LogP contribution in [0.5, 0.6) is 5.75 Å². The van der Waals surface area contributed by atoms with Gasteiger partial charge in [-0.05, 0) is 62.8 Å². The number of phenolic OH excluding ortho intramolecular Hbond substituents is 1. The van der Waals surface area contributed by atoms with E-state index in [9.17, 15) is 5.11 Å². The molecule has 8 nitrogen and oxygen atoms in total. The summed E-state index contributed by atoms with van der Waals surface area (Å²) in [7, 11) is 0. The quantitative estimate of drug-likeness (QED) is 0.516. The molecule has 5 N–H and O–H groups in total.